The van der Waals surface area contributed by atoms with Gasteiger partial charge in [0.25, 0.3) is 0 Å². The van der Waals surface area contributed by atoms with Crippen LogP contribution in [0.25, 0.3) is 0 Å². The second-order valence-electron chi connectivity index (χ2n) is 4.44. The molecule has 0 bridgehead atoms. The fourth-order valence-corrected chi connectivity index (χ4v) is 1.94. The molecule has 0 aliphatic carbocycles. The number of carbonyl (C=O) groups is 2. The Morgan fingerprint density at radius 2 is 1.80 bits per heavy atom. The van der Waals surface area contributed by atoms with Gasteiger partial charge in [0, 0.05) is 5.92 Å². The van der Waals surface area contributed by atoms with Crippen LogP contribution in [0.4, 0.5) is 0 Å². The SMILES string of the molecule is CCCC(C)C(=O)C(C)(CCC)C(=O)O. The third-order valence-electron chi connectivity index (χ3n) is 2.94. The Morgan fingerprint density at radius 3 is 2.13 bits per heavy atom. The largest absolute Gasteiger partial charge is 0.481 e. The Kier molecular flexibility index (Phi) is 5.55. The molecule has 0 fully saturated rings. The van der Waals surface area contributed by atoms with Gasteiger partial charge in [-0.05, 0) is 19.8 Å². The monoisotopic (exact) mass is 214 g/mol. The molecular weight excluding hydrogens is 192 g/mol. The van der Waals surface area contributed by atoms with Gasteiger partial charge in [-0.1, -0.05) is 33.6 Å². The minimum Gasteiger partial charge on any atom is -0.481 e. The summed E-state index contributed by atoms with van der Waals surface area (Å²) in [4.78, 5) is 23.1. The van der Waals surface area contributed by atoms with Gasteiger partial charge in [0.1, 0.15) is 5.41 Å². The first-order valence-corrected chi connectivity index (χ1v) is 5.67. The fraction of sp³-hybridized carbons (Fsp3) is 0.833. The van der Waals surface area contributed by atoms with Gasteiger partial charge in [0.2, 0.25) is 0 Å². The quantitative estimate of drug-likeness (QED) is 0.663. The fourth-order valence-electron chi connectivity index (χ4n) is 1.94. The molecule has 0 saturated carbocycles. The van der Waals surface area contributed by atoms with E-state index in [1.165, 1.54) is 0 Å². The van der Waals surface area contributed by atoms with Gasteiger partial charge in [0.15, 0.2) is 5.78 Å². The van der Waals surface area contributed by atoms with Gasteiger partial charge >= 0.3 is 5.97 Å². The molecule has 0 spiro atoms. The Hall–Kier alpha value is -0.860. The maximum absolute atomic E-state index is 12.0. The summed E-state index contributed by atoms with van der Waals surface area (Å²) in [5.74, 6) is -1.27. The van der Waals surface area contributed by atoms with Crippen LogP contribution in [0.5, 0.6) is 0 Å². The molecule has 88 valence electrons. The lowest BCUT2D eigenvalue weighted by molar-refractivity contribution is -0.155. The minimum absolute atomic E-state index is 0.126. The standard InChI is InChI=1S/C12H22O3/c1-5-7-9(3)10(13)12(4,8-6-2)11(14)15/h9H,5-8H2,1-4H3,(H,14,15). The first-order valence-electron chi connectivity index (χ1n) is 5.67. The predicted octanol–water partition coefficient (Wildman–Crippen LogP) is 2.88. The van der Waals surface area contributed by atoms with E-state index < -0.39 is 11.4 Å². The molecule has 15 heavy (non-hydrogen) atoms. The lowest BCUT2D eigenvalue weighted by Gasteiger charge is -2.25. The number of hydrogen-bond acceptors (Lipinski definition) is 2. The highest BCUT2D eigenvalue weighted by atomic mass is 16.4. The maximum atomic E-state index is 12.0. The van der Waals surface area contributed by atoms with Crippen LogP contribution in [-0.2, 0) is 9.59 Å². The van der Waals surface area contributed by atoms with Crippen molar-refractivity contribution < 1.29 is 14.7 Å². The van der Waals surface area contributed by atoms with Gasteiger partial charge in [-0.2, -0.15) is 0 Å². The highest BCUT2D eigenvalue weighted by Crippen LogP contribution is 2.29. The summed E-state index contributed by atoms with van der Waals surface area (Å²) >= 11 is 0. The summed E-state index contributed by atoms with van der Waals surface area (Å²) in [5, 5.41) is 9.13. The Balaban J connectivity index is 4.77. The number of carboxylic acid groups (broad SMARTS) is 1. The zero-order valence-corrected chi connectivity index (χ0v) is 10.2. The van der Waals surface area contributed by atoms with Crippen LogP contribution in [0.3, 0.4) is 0 Å². The first-order chi connectivity index (χ1) is 6.90. The molecule has 0 heterocycles. The van der Waals surface area contributed by atoms with E-state index in [2.05, 4.69) is 0 Å². The van der Waals surface area contributed by atoms with Crippen molar-refractivity contribution in [3.05, 3.63) is 0 Å². The van der Waals surface area contributed by atoms with E-state index in [0.29, 0.717) is 12.8 Å². The normalized spacial score (nSPS) is 16.8. The smallest absolute Gasteiger partial charge is 0.316 e. The minimum atomic E-state index is -1.19. The van der Waals surface area contributed by atoms with Gasteiger partial charge in [-0.15, -0.1) is 0 Å². The van der Waals surface area contributed by atoms with Gasteiger partial charge in [-0.3, -0.25) is 9.59 Å². The molecule has 2 atom stereocenters. The molecule has 2 unspecified atom stereocenters. The summed E-state index contributed by atoms with van der Waals surface area (Å²) in [5.41, 5.74) is -1.19. The van der Waals surface area contributed by atoms with Crippen LogP contribution in [0.1, 0.15) is 53.4 Å². The molecule has 0 radical (unpaired) electrons. The molecule has 0 rings (SSSR count). The lowest BCUT2D eigenvalue weighted by Crippen LogP contribution is -2.39. The van der Waals surface area contributed by atoms with Crippen molar-refractivity contribution in [2.24, 2.45) is 11.3 Å². The van der Waals surface area contributed by atoms with Crippen molar-refractivity contribution in [3.63, 3.8) is 0 Å². The van der Waals surface area contributed by atoms with E-state index in [1.807, 2.05) is 20.8 Å². The first kappa shape index (κ1) is 14.1. The highest BCUT2D eigenvalue weighted by molar-refractivity contribution is 6.03. The van der Waals surface area contributed by atoms with Crippen LogP contribution in [0, 0.1) is 11.3 Å². The number of Topliss-reactive ketones (excluding diaryl/α,β-unsaturated/α-hetero) is 1. The van der Waals surface area contributed by atoms with Crippen LogP contribution in [0.15, 0.2) is 0 Å². The third-order valence-corrected chi connectivity index (χ3v) is 2.94. The van der Waals surface area contributed by atoms with Gasteiger partial charge in [-0.25, -0.2) is 0 Å². The van der Waals surface area contributed by atoms with Gasteiger partial charge in [0.05, 0.1) is 0 Å². The van der Waals surface area contributed by atoms with Crippen molar-refractivity contribution in [1.29, 1.82) is 0 Å². The molecule has 0 aromatic rings. The molecule has 3 heteroatoms. The Bertz CT molecular complexity index is 235. The molecule has 3 nitrogen and oxygen atoms in total. The summed E-state index contributed by atoms with van der Waals surface area (Å²) in [6.07, 6.45) is 2.82. The maximum Gasteiger partial charge on any atom is 0.316 e. The van der Waals surface area contributed by atoms with Crippen molar-refractivity contribution in [2.75, 3.05) is 0 Å². The summed E-state index contributed by atoms with van der Waals surface area (Å²) in [7, 11) is 0. The second kappa shape index (κ2) is 5.89. The van der Waals surface area contributed by atoms with Crippen molar-refractivity contribution >= 4 is 11.8 Å². The summed E-state index contributed by atoms with van der Waals surface area (Å²) in [6, 6.07) is 0. The molecule has 0 amide bonds. The van der Waals surface area contributed by atoms with Crippen molar-refractivity contribution in [2.45, 2.75) is 53.4 Å². The van der Waals surface area contributed by atoms with E-state index in [0.717, 1.165) is 12.8 Å². The number of rotatable bonds is 7. The third kappa shape index (κ3) is 3.33. The van der Waals surface area contributed by atoms with E-state index in [-0.39, 0.29) is 11.7 Å². The van der Waals surface area contributed by atoms with Crippen LogP contribution >= 0.6 is 0 Å². The molecule has 0 aliphatic heterocycles. The van der Waals surface area contributed by atoms with E-state index in [4.69, 9.17) is 5.11 Å². The van der Waals surface area contributed by atoms with Crippen molar-refractivity contribution in [3.8, 4) is 0 Å². The molecule has 0 aromatic heterocycles. The summed E-state index contributed by atoms with van der Waals surface area (Å²) < 4.78 is 0. The Morgan fingerprint density at radius 1 is 1.27 bits per heavy atom. The number of hydrogen-bond donors (Lipinski definition) is 1. The number of aliphatic carboxylic acids is 1. The topological polar surface area (TPSA) is 54.4 Å². The van der Waals surface area contributed by atoms with E-state index in [1.54, 1.807) is 6.92 Å². The van der Waals surface area contributed by atoms with Crippen LogP contribution < -0.4 is 0 Å². The van der Waals surface area contributed by atoms with Crippen LogP contribution in [0.2, 0.25) is 0 Å². The number of carboxylic acids is 1. The molecular formula is C12H22O3. The average Bonchev–Trinajstić information content (AvgIpc) is 2.17. The highest BCUT2D eigenvalue weighted by Gasteiger charge is 2.41. The van der Waals surface area contributed by atoms with Crippen LogP contribution in [-0.4, -0.2) is 16.9 Å². The number of ketones is 1. The van der Waals surface area contributed by atoms with Gasteiger partial charge < -0.3 is 5.11 Å². The molecule has 0 aliphatic rings. The summed E-state index contributed by atoms with van der Waals surface area (Å²) in [6.45, 7) is 7.27. The Labute approximate surface area is 91.9 Å². The zero-order valence-electron chi connectivity index (χ0n) is 10.2. The molecule has 0 saturated heterocycles. The second-order valence-corrected chi connectivity index (χ2v) is 4.44. The van der Waals surface area contributed by atoms with E-state index >= 15 is 0 Å². The zero-order chi connectivity index (χ0) is 12.1. The van der Waals surface area contributed by atoms with E-state index in [9.17, 15) is 9.59 Å². The lowest BCUT2D eigenvalue weighted by atomic mass is 9.75. The van der Waals surface area contributed by atoms with Crippen molar-refractivity contribution in [1.82, 2.24) is 0 Å². The number of carbonyl (C=O) groups excluding carboxylic acids is 1. The molecule has 1 N–H and O–H groups in total. The molecule has 0 aromatic carbocycles. The average molecular weight is 214 g/mol. The predicted molar refractivity (Wildman–Crippen MR) is 59.7 cm³/mol.